The van der Waals surface area contributed by atoms with Gasteiger partial charge in [0.15, 0.2) is 0 Å². The SMILES string of the molecule is CC(C)(CCC(=O)O)Nc1ccnc2cc(F)ccc12. The molecule has 0 aliphatic heterocycles. The van der Waals surface area contributed by atoms with Crippen LogP contribution in [0.15, 0.2) is 30.5 Å². The van der Waals surface area contributed by atoms with Gasteiger partial charge in [-0.15, -0.1) is 0 Å². The molecule has 2 rings (SSSR count). The van der Waals surface area contributed by atoms with E-state index in [2.05, 4.69) is 10.3 Å². The summed E-state index contributed by atoms with van der Waals surface area (Å²) in [4.78, 5) is 14.8. The summed E-state index contributed by atoms with van der Waals surface area (Å²) in [6, 6.07) is 6.25. The smallest absolute Gasteiger partial charge is 0.303 e. The van der Waals surface area contributed by atoms with Crippen LogP contribution in [0.25, 0.3) is 10.9 Å². The standard InChI is InChI=1S/C15H17FN2O2/c1-15(2,7-5-14(19)20)18-12-6-8-17-13-9-10(16)3-4-11(12)13/h3-4,6,8-9H,5,7H2,1-2H3,(H,17,18)(H,19,20). The Morgan fingerprint density at radius 2 is 2.15 bits per heavy atom. The number of pyridine rings is 1. The van der Waals surface area contributed by atoms with E-state index < -0.39 is 5.97 Å². The fourth-order valence-corrected chi connectivity index (χ4v) is 2.08. The molecule has 4 nitrogen and oxygen atoms in total. The third-order valence-electron chi connectivity index (χ3n) is 3.14. The highest BCUT2D eigenvalue weighted by atomic mass is 19.1. The number of benzene rings is 1. The van der Waals surface area contributed by atoms with Gasteiger partial charge in [0.2, 0.25) is 0 Å². The molecule has 0 atom stereocenters. The van der Waals surface area contributed by atoms with Gasteiger partial charge in [-0.3, -0.25) is 9.78 Å². The highest BCUT2D eigenvalue weighted by Crippen LogP contribution is 2.26. The zero-order valence-electron chi connectivity index (χ0n) is 11.5. The van der Waals surface area contributed by atoms with Crippen molar-refractivity contribution < 1.29 is 14.3 Å². The van der Waals surface area contributed by atoms with E-state index in [1.54, 1.807) is 12.3 Å². The Kier molecular flexibility index (Phi) is 3.88. The molecule has 1 heterocycles. The average molecular weight is 276 g/mol. The summed E-state index contributed by atoms with van der Waals surface area (Å²) >= 11 is 0. The minimum atomic E-state index is -0.818. The number of halogens is 1. The molecular weight excluding hydrogens is 259 g/mol. The fourth-order valence-electron chi connectivity index (χ4n) is 2.08. The number of rotatable bonds is 5. The summed E-state index contributed by atoms with van der Waals surface area (Å²) in [6.45, 7) is 3.87. The molecule has 0 amide bonds. The highest BCUT2D eigenvalue weighted by molar-refractivity contribution is 5.91. The summed E-state index contributed by atoms with van der Waals surface area (Å²) < 4.78 is 13.2. The molecule has 0 fully saturated rings. The van der Waals surface area contributed by atoms with Crippen LogP contribution in [0.5, 0.6) is 0 Å². The van der Waals surface area contributed by atoms with Crippen molar-refractivity contribution in [3.63, 3.8) is 0 Å². The van der Waals surface area contributed by atoms with E-state index in [-0.39, 0.29) is 17.8 Å². The largest absolute Gasteiger partial charge is 0.481 e. The van der Waals surface area contributed by atoms with Crippen molar-refractivity contribution in [2.75, 3.05) is 5.32 Å². The lowest BCUT2D eigenvalue weighted by atomic mass is 9.97. The topological polar surface area (TPSA) is 62.2 Å². The van der Waals surface area contributed by atoms with E-state index in [0.717, 1.165) is 11.1 Å². The lowest BCUT2D eigenvalue weighted by molar-refractivity contribution is -0.137. The second kappa shape index (κ2) is 5.45. The molecule has 0 spiro atoms. The Bertz CT molecular complexity index is 641. The maximum atomic E-state index is 13.2. The highest BCUT2D eigenvalue weighted by Gasteiger charge is 2.19. The first-order chi connectivity index (χ1) is 9.37. The van der Waals surface area contributed by atoms with Gasteiger partial charge in [0.25, 0.3) is 0 Å². The number of aliphatic carboxylic acids is 1. The molecule has 0 aliphatic rings. The molecule has 0 bridgehead atoms. The number of anilines is 1. The van der Waals surface area contributed by atoms with Gasteiger partial charge in [0, 0.05) is 35.3 Å². The molecular formula is C15H17FN2O2. The van der Waals surface area contributed by atoms with Crippen molar-refractivity contribution >= 4 is 22.6 Å². The van der Waals surface area contributed by atoms with Gasteiger partial charge in [-0.2, -0.15) is 0 Å². The first-order valence-electron chi connectivity index (χ1n) is 6.42. The molecule has 0 radical (unpaired) electrons. The summed E-state index contributed by atoms with van der Waals surface area (Å²) in [7, 11) is 0. The maximum absolute atomic E-state index is 13.2. The first kappa shape index (κ1) is 14.2. The molecule has 1 aromatic carbocycles. The molecule has 1 aromatic heterocycles. The third-order valence-corrected chi connectivity index (χ3v) is 3.14. The minimum Gasteiger partial charge on any atom is -0.481 e. The number of nitrogens with one attached hydrogen (secondary N) is 1. The number of aromatic nitrogens is 1. The van der Waals surface area contributed by atoms with Crippen LogP contribution >= 0.6 is 0 Å². The van der Waals surface area contributed by atoms with E-state index in [0.29, 0.717) is 11.9 Å². The number of carboxylic acids is 1. The maximum Gasteiger partial charge on any atom is 0.303 e. The number of carboxylic acid groups (broad SMARTS) is 1. The summed E-state index contributed by atoms with van der Waals surface area (Å²) in [5.74, 6) is -1.14. The van der Waals surface area contributed by atoms with Gasteiger partial charge >= 0.3 is 5.97 Å². The Labute approximate surface area is 116 Å². The summed E-state index contributed by atoms with van der Waals surface area (Å²) in [6.07, 6.45) is 2.20. The predicted octanol–water partition coefficient (Wildman–Crippen LogP) is 3.43. The number of carbonyl (C=O) groups is 1. The van der Waals surface area contributed by atoms with Gasteiger partial charge in [-0.1, -0.05) is 0 Å². The number of nitrogens with zero attached hydrogens (tertiary/aromatic N) is 1. The molecule has 2 N–H and O–H groups in total. The van der Waals surface area contributed by atoms with E-state index in [1.807, 2.05) is 19.9 Å². The second-order valence-electron chi connectivity index (χ2n) is 5.42. The van der Waals surface area contributed by atoms with Crippen LogP contribution < -0.4 is 5.32 Å². The van der Waals surface area contributed by atoms with Crippen LogP contribution in [0.1, 0.15) is 26.7 Å². The molecule has 20 heavy (non-hydrogen) atoms. The summed E-state index contributed by atoms with van der Waals surface area (Å²) in [5, 5.41) is 12.9. The molecule has 2 aromatic rings. The Hall–Kier alpha value is -2.17. The van der Waals surface area contributed by atoms with Crippen LogP contribution in [0.3, 0.4) is 0 Å². The molecule has 0 unspecified atom stereocenters. The van der Waals surface area contributed by atoms with Gasteiger partial charge in [0.1, 0.15) is 5.82 Å². The monoisotopic (exact) mass is 276 g/mol. The van der Waals surface area contributed by atoms with E-state index in [4.69, 9.17) is 5.11 Å². The van der Waals surface area contributed by atoms with Crippen LogP contribution in [-0.2, 0) is 4.79 Å². The molecule has 0 saturated carbocycles. The molecule has 0 aliphatic carbocycles. The number of hydrogen-bond acceptors (Lipinski definition) is 3. The summed E-state index contributed by atoms with van der Waals surface area (Å²) in [5.41, 5.74) is 1.02. The van der Waals surface area contributed by atoms with Crippen molar-refractivity contribution in [2.24, 2.45) is 0 Å². The van der Waals surface area contributed by atoms with Gasteiger partial charge in [0.05, 0.1) is 5.52 Å². The minimum absolute atomic E-state index is 0.0949. The normalized spacial score (nSPS) is 11.6. The van der Waals surface area contributed by atoms with Gasteiger partial charge in [-0.25, -0.2) is 4.39 Å². The quantitative estimate of drug-likeness (QED) is 0.878. The first-order valence-corrected chi connectivity index (χ1v) is 6.42. The van der Waals surface area contributed by atoms with E-state index >= 15 is 0 Å². The van der Waals surface area contributed by atoms with Gasteiger partial charge in [-0.05, 0) is 38.5 Å². The van der Waals surface area contributed by atoms with E-state index in [1.165, 1.54) is 12.1 Å². The Morgan fingerprint density at radius 1 is 1.40 bits per heavy atom. The van der Waals surface area contributed by atoms with Crippen LogP contribution in [0.2, 0.25) is 0 Å². The average Bonchev–Trinajstić information content (AvgIpc) is 2.36. The van der Waals surface area contributed by atoms with Crippen molar-refractivity contribution in [1.29, 1.82) is 0 Å². The lowest BCUT2D eigenvalue weighted by Crippen LogP contribution is -2.31. The van der Waals surface area contributed by atoms with Crippen LogP contribution in [0, 0.1) is 5.82 Å². The number of fused-ring (bicyclic) bond motifs is 1. The van der Waals surface area contributed by atoms with Crippen molar-refractivity contribution in [1.82, 2.24) is 4.98 Å². The lowest BCUT2D eigenvalue weighted by Gasteiger charge is -2.27. The van der Waals surface area contributed by atoms with Gasteiger partial charge < -0.3 is 10.4 Å². The zero-order valence-corrected chi connectivity index (χ0v) is 11.5. The Balaban J connectivity index is 2.27. The molecule has 0 saturated heterocycles. The van der Waals surface area contributed by atoms with Crippen LogP contribution in [-0.4, -0.2) is 21.6 Å². The third kappa shape index (κ3) is 3.44. The van der Waals surface area contributed by atoms with Crippen LogP contribution in [0.4, 0.5) is 10.1 Å². The zero-order chi connectivity index (χ0) is 14.8. The van der Waals surface area contributed by atoms with Crippen molar-refractivity contribution in [3.8, 4) is 0 Å². The molecule has 5 heteroatoms. The second-order valence-corrected chi connectivity index (χ2v) is 5.42. The number of hydrogen-bond donors (Lipinski definition) is 2. The van der Waals surface area contributed by atoms with E-state index in [9.17, 15) is 9.18 Å². The predicted molar refractivity (Wildman–Crippen MR) is 76.3 cm³/mol. The van der Waals surface area contributed by atoms with Crippen molar-refractivity contribution in [3.05, 3.63) is 36.3 Å². The van der Waals surface area contributed by atoms with Crippen molar-refractivity contribution in [2.45, 2.75) is 32.2 Å². The molecule has 106 valence electrons. The Morgan fingerprint density at radius 3 is 2.85 bits per heavy atom. The fraction of sp³-hybridized carbons (Fsp3) is 0.333.